The highest BCUT2D eigenvalue weighted by atomic mass is 16.5. The second-order valence-corrected chi connectivity index (χ2v) is 12.1. The summed E-state index contributed by atoms with van der Waals surface area (Å²) in [6, 6.07) is 55.9. The molecule has 1 aliphatic heterocycles. The zero-order chi connectivity index (χ0) is 30.2. The predicted octanol–water partition coefficient (Wildman–Crippen LogP) is 10.6. The molecular weight excluding hydrogens is 560 g/mol. The summed E-state index contributed by atoms with van der Waals surface area (Å²) in [5, 5.41) is 2.27. The number of pyridine rings is 2. The summed E-state index contributed by atoms with van der Waals surface area (Å²) in [6.45, 7) is 0. The summed E-state index contributed by atoms with van der Waals surface area (Å²) in [6.07, 6.45) is 0. The van der Waals surface area contributed by atoms with Crippen LogP contribution in [0, 0.1) is 0 Å². The van der Waals surface area contributed by atoms with Gasteiger partial charge >= 0.3 is 0 Å². The number of hydrogen-bond donors (Lipinski definition) is 0. The van der Waals surface area contributed by atoms with Crippen LogP contribution in [0.1, 0.15) is 22.3 Å². The Morgan fingerprint density at radius 2 is 0.935 bits per heavy atom. The molecule has 1 atom stereocenters. The van der Waals surface area contributed by atoms with E-state index in [4.69, 9.17) is 14.7 Å². The third-order valence-corrected chi connectivity index (χ3v) is 9.73. The lowest BCUT2D eigenvalue weighted by atomic mass is 9.65. The number of fused-ring (bicyclic) bond motifs is 11. The van der Waals surface area contributed by atoms with Crippen LogP contribution in [0.25, 0.3) is 55.4 Å². The molecule has 2 aromatic heterocycles. The molecule has 1 aliphatic carbocycles. The molecule has 1 spiro atoms. The Hall–Kier alpha value is -6.06. The number of benzene rings is 6. The van der Waals surface area contributed by atoms with Gasteiger partial charge in [0.15, 0.2) is 0 Å². The van der Waals surface area contributed by atoms with Crippen molar-refractivity contribution in [2.45, 2.75) is 5.41 Å². The van der Waals surface area contributed by atoms with E-state index in [1.807, 2.05) is 12.1 Å². The van der Waals surface area contributed by atoms with Crippen LogP contribution in [-0.4, -0.2) is 9.97 Å². The van der Waals surface area contributed by atoms with Crippen molar-refractivity contribution in [1.82, 2.24) is 9.97 Å². The highest BCUT2D eigenvalue weighted by Gasteiger charge is 2.51. The third kappa shape index (κ3) is 3.48. The van der Waals surface area contributed by atoms with Crippen LogP contribution in [0.15, 0.2) is 158 Å². The predicted molar refractivity (Wildman–Crippen MR) is 185 cm³/mol. The number of nitrogens with zero attached hydrogens (tertiary/aromatic N) is 2. The molecule has 10 rings (SSSR count). The van der Waals surface area contributed by atoms with Gasteiger partial charge in [-0.2, -0.15) is 0 Å². The topological polar surface area (TPSA) is 35.0 Å². The molecular formula is C43H26N2O. The van der Waals surface area contributed by atoms with E-state index >= 15 is 0 Å². The Kier molecular flexibility index (Phi) is 5.20. The van der Waals surface area contributed by atoms with Crippen LogP contribution < -0.4 is 4.74 Å². The summed E-state index contributed by atoms with van der Waals surface area (Å²) >= 11 is 0. The van der Waals surface area contributed by atoms with Gasteiger partial charge in [0, 0.05) is 33.0 Å². The second kappa shape index (κ2) is 9.47. The van der Waals surface area contributed by atoms with E-state index in [0.717, 1.165) is 66.9 Å². The van der Waals surface area contributed by atoms with E-state index in [0.29, 0.717) is 0 Å². The first-order valence-electron chi connectivity index (χ1n) is 15.7. The van der Waals surface area contributed by atoms with Crippen molar-refractivity contribution in [3.63, 3.8) is 0 Å². The molecule has 1 unspecified atom stereocenters. The van der Waals surface area contributed by atoms with Gasteiger partial charge in [-0.05, 0) is 76.9 Å². The van der Waals surface area contributed by atoms with Crippen LogP contribution in [0.5, 0.6) is 11.5 Å². The first kappa shape index (κ1) is 25.3. The number of para-hydroxylation sites is 3. The van der Waals surface area contributed by atoms with Crippen molar-refractivity contribution >= 4 is 21.8 Å². The van der Waals surface area contributed by atoms with E-state index in [-0.39, 0.29) is 0 Å². The summed E-state index contributed by atoms with van der Waals surface area (Å²) in [5.74, 6) is 1.74. The Morgan fingerprint density at radius 1 is 0.391 bits per heavy atom. The van der Waals surface area contributed by atoms with Crippen molar-refractivity contribution in [2.24, 2.45) is 0 Å². The fourth-order valence-corrected chi connectivity index (χ4v) is 7.67. The van der Waals surface area contributed by atoms with Gasteiger partial charge in [-0.3, -0.25) is 0 Å². The average molecular weight is 587 g/mol. The molecule has 0 radical (unpaired) electrons. The lowest BCUT2D eigenvalue weighted by molar-refractivity contribution is 0.436. The maximum absolute atomic E-state index is 6.69. The monoisotopic (exact) mass is 586 g/mol. The van der Waals surface area contributed by atoms with E-state index in [1.165, 1.54) is 22.3 Å². The molecule has 3 heterocycles. The van der Waals surface area contributed by atoms with Gasteiger partial charge < -0.3 is 4.74 Å². The smallest absolute Gasteiger partial charge is 0.132 e. The molecule has 8 aromatic rings. The Labute approximate surface area is 266 Å². The van der Waals surface area contributed by atoms with E-state index in [1.54, 1.807) is 0 Å². The molecule has 6 aromatic carbocycles. The maximum Gasteiger partial charge on any atom is 0.132 e. The fraction of sp³-hybridized carbons (Fsp3) is 0.0233. The Morgan fingerprint density at radius 3 is 1.67 bits per heavy atom. The van der Waals surface area contributed by atoms with E-state index < -0.39 is 5.41 Å². The van der Waals surface area contributed by atoms with E-state index in [2.05, 4.69) is 146 Å². The van der Waals surface area contributed by atoms with Crippen molar-refractivity contribution in [2.75, 3.05) is 0 Å². The average Bonchev–Trinajstić information content (AvgIpc) is 3.41. The summed E-state index contributed by atoms with van der Waals surface area (Å²) in [7, 11) is 0. The standard InChI is InChI=1S/C43H26N2O/c1-6-14-37-27(9-1)18-22-39(44-37)29-17-21-32-31-11-3-4-12-33(31)43(35(32)25-29)34-13-5-8-16-41(34)46-42-24-20-30(26-36(42)43)40-23-19-28-10-2-7-15-38(28)45-40/h1-26H. The molecule has 0 bridgehead atoms. The lowest BCUT2D eigenvalue weighted by Gasteiger charge is -2.39. The third-order valence-electron chi connectivity index (χ3n) is 9.73. The summed E-state index contributed by atoms with van der Waals surface area (Å²) in [5.41, 5.74) is 12.7. The van der Waals surface area contributed by atoms with Gasteiger partial charge in [-0.25, -0.2) is 9.97 Å². The SMILES string of the molecule is c1ccc2c(c1)Oc1ccc(-c3ccc4ccccc4n3)cc1C21c2ccccc2-c2ccc(-c3ccc4ccccc4n3)cc21. The largest absolute Gasteiger partial charge is 0.457 e. The molecule has 0 N–H and O–H groups in total. The summed E-state index contributed by atoms with van der Waals surface area (Å²) < 4.78 is 6.69. The number of ether oxygens (including phenoxy) is 1. The first-order chi connectivity index (χ1) is 22.8. The van der Waals surface area contributed by atoms with Crippen LogP contribution >= 0.6 is 0 Å². The first-order valence-corrected chi connectivity index (χ1v) is 15.7. The quantitative estimate of drug-likeness (QED) is 0.202. The van der Waals surface area contributed by atoms with Crippen LogP contribution in [-0.2, 0) is 5.41 Å². The van der Waals surface area contributed by atoms with Gasteiger partial charge in [0.25, 0.3) is 0 Å². The normalized spacial score (nSPS) is 15.7. The molecule has 0 saturated carbocycles. The zero-order valence-corrected chi connectivity index (χ0v) is 24.8. The number of rotatable bonds is 2. The van der Waals surface area contributed by atoms with Crippen LogP contribution in [0.2, 0.25) is 0 Å². The van der Waals surface area contributed by atoms with Crippen molar-refractivity contribution < 1.29 is 4.74 Å². The minimum Gasteiger partial charge on any atom is -0.457 e. The van der Waals surface area contributed by atoms with Gasteiger partial charge in [-0.1, -0.05) is 103 Å². The molecule has 46 heavy (non-hydrogen) atoms. The van der Waals surface area contributed by atoms with Gasteiger partial charge in [0.05, 0.1) is 27.8 Å². The molecule has 0 amide bonds. The summed E-state index contributed by atoms with van der Waals surface area (Å²) in [4.78, 5) is 10.2. The minimum atomic E-state index is -0.587. The lowest BCUT2D eigenvalue weighted by Crippen LogP contribution is -2.32. The highest BCUT2D eigenvalue weighted by molar-refractivity contribution is 5.91. The maximum atomic E-state index is 6.69. The van der Waals surface area contributed by atoms with Gasteiger partial charge in [0.1, 0.15) is 11.5 Å². The number of aromatic nitrogens is 2. The minimum absolute atomic E-state index is 0.587. The molecule has 214 valence electrons. The van der Waals surface area contributed by atoms with Crippen LogP contribution in [0.3, 0.4) is 0 Å². The zero-order valence-electron chi connectivity index (χ0n) is 24.8. The highest BCUT2D eigenvalue weighted by Crippen LogP contribution is 2.62. The molecule has 3 heteroatoms. The van der Waals surface area contributed by atoms with Crippen molar-refractivity contribution in [1.29, 1.82) is 0 Å². The molecule has 0 saturated heterocycles. The van der Waals surface area contributed by atoms with Crippen molar-refractivity contribution in [3.05, 3.63) is 180 Å². The van der Waals surface area contributed by atoms with Crippen LogP contribution in [0.4, 0.5) is 0 Å². The number of hydrogen-bond acceptors (Lipinski definition) is 3. The van der Waals surface area contributed by atoms with Crippen molar-refractivity contribution in [3.8, 4) is 45.1 Å². The molecule has 3 nitrogen and oxygen atoms in total. The van der Waals surface area contributed by atoms with Gasteiger partial charge in [-0.15, -0.1) is 0 Å². The second-order valence-electron chi connectivity index (χ2n) is 12.1. The Bertz CT molecular complexity index is 2530. The molecule has 2 aliphatic rings. The molecule has 0 fully saturated rings. The van der Waals surface area contributed by atoms with E-state index in [9.17, 15) is 0 Å². The fourth-order valence-electron chi connectivity index (χ4n) is 7.67. The Balaban J connectivity index is 1.26. The van der Waals surface area contributed by atoms with Gasteiger partial charge in [0.2, 0.25) is 0 Å².